The lowest BCUT2D eigenvalue weighted by Crippen LogP contribution is -2.31. The highest BCUT2D eigenvalue weighted by atomic mass is 32.1. The lowest BCUT2D eigenvalue weighted by atomic mass is 10.2. The molecular formula is C15H13FN4O3S. The van der Waals surface area contributed by atoms with Gasteiger partial charge in [-0.3, -0.25) is 15.5 Å². The monoisotopic (exact) mass is 348 g/mol. The van der Waals surface area contributed by atoms with Crippen molar-refractivity contribution in [2.45, 2.75) is 6.54 Å². The number of hydrazone groups is 1. The predicted molar refractivity (Wildman–Crippen MR) is 91.3 cm³/mol. The van der Waals surface area contributed by atoms with Crippen molar-refractivity contribution in [1.29, 1.82) is 0 Å². The number of nitro groups is 1. The summed E-state index contributed by atoms with van der Waals surface area (Å²) in [5.74, 6) is -0.461. The number of phenolic OH excluding ortho intramolecular Hbond substituents is 1. The molecule has 2 rings (SSSR count). The molecule has 7 nitrogen and oxygen atoms in total. The van der Waals surface area contributed by atoms with E-state index in [0.29, 0.717) is 6.54 Å². The molecule has 0 fully saturated rings. The van der Waals surface area contributed by atoms with Crippen molar-refractivity contribution in [3.05, 3.63) is 69.5 Å². The summed E-state index contributed by atoms with van der Waals surface area (Å²) in [4.78, 5) is 10.1. The summed E-state index contributed by atoms with van der Waals surface area (Å²) in [5.41, 5.74) is 3.38. The number of hydrogen-bond acceptors (Lipinski definition) is 5. The Balaban J connectivity index is 1.89. The zero-order valence-corrected chi connectivity index (χ0v) is 13.1. The number of thiocarbonyl (C=S) groups is 1. The van der Waals surface area contributed by atoms with E-state index in [1.807, 2.05) is 0 Å². The second kappa shape index (κ2) is 7.97. The van der Waals surface area contributed by atoms with Crippen LogP contribution >= 0.6 is 12.2 Å². The van der Waals surface area contributed by atoms with Crippen molar-refractivity contribution in [1.82, 2.24) is 10.7 Å². The first-order valence-corrected chi connectivity index (χ1v) is 7.15. The number of halogens is 1. The molecule has 0 amide bonds. The quantitative estimate of drug-likeness (QED) is 0.332. The van der Waals surface area contributed by atoms with Gasteiger partial charge >= 0.3 is 0 Å². The molecule has 0 aliphatic heterocycles. The first-order chi connectivity index (χ1) is 11.5. The van der Waals surface area contributed by atoms with E-state index in [4.69, 9.17) is 12.2 Å². The summed E-state index contributed by atoms with van der Waals surface area (Å²) < 4.78 is 12.8. The number of nitro benzene ring substituents is 1. The van der Waals surface area contributed by atoms with E-state index in [2.05, 4.69) is 15.8 Å². The summed E-state index contributed by atoms with van der Waals surface area (Å²) in [6.45, 7) is 0.379. The molecule has 0 spiro atoms. The largest absolute Gasteiger partial charge is 0.507 e. The molecular weight excluding hydrogens is 335 g/mol. The minimum atomic E-state index is -0.570. The zero-order chi connectivity index (χ0) is 17.5. The van der Waals surface area contributed by atoms with Gasteiger partial charge < -0.3 is 10.4 Å². The van der Waals surface area contributed by atoms with Gasteiger partial charge in [0.1, 0.15) is 11.6 Å². The van der Waals surface area contributed by atoms with Gasteiger partial charge in [0, 0.05) is 24.2 Å². The third kappa shape index (κ3) is 4.99. The predicted octanol–water partition coefficient (Wildman–Crippen LogP) is 2.44. The lowest BCUT2D eigenvalue weighted by molar-refractivity contribution is -0.384. The van der Waals surface area contributed by atoms with E-state index in [9.17, 15) is 19.6 Å². The molecule has 2 aromatic carbocycles. The first-order valence-electron chi connectivity index (χ1n) is 6.74. The van der Waals surface area contributed by atoms with Crippen molar-refractivity contribution in [3.8, 4) is 5.75 Å². The zero-order valence-electron chi connectivity index (χ0n) is 12.3. The maximum atomic E-state index is 12.8. The normalized spacial score (nSPS) is 10.5. The van der Waals surface area contributed by atoms with Gasteiger partial charge in [-0.1, -0.05) is 12.1 Å². The van der Waals surface area contributed by atoms with Gasteiger partial charge in [-0.25, -0.2) is 4.39 Å². The molecule has 0 saturated heterocycles. The Morgan fingerprint density at radius 1 is 1.33 bits per heavy atom. The van der Waals surface area contributed by atoms with Gasteiger partial charge in [-0.05, 0) is 36.0 Å². The molecule has 0 aliphatic carbocycles. The Kier molecular flexibility index (Phi) is 5.74. The van der Waals surface area contributed by atoms with Crippen LogP contribution in [-0.4, -0.2) is 21.4 Å². The topological polar surface area (TPSA) is 99.8 Å². The Hall–Kier alpha value is -3.07. The van der Waals surface area contributed by atoms with Crippen LogP contribution in [0.1, 0.15) is 11.1 Å². The molecule has 0 saturated carbocycles. The number of nitrogens with zero attached hydrogens (tertiary/aromatic N) is 2. The fourth-order valence-corrected chi connectivity index (χ4v) is 1.87. The average molecular weight is 348 g/mol. The number of aromatic hydroxyl groups is 1. The Bertz CT molecular complexity index is 781. The van der Waals surface area contributed by atoms with Crippen molar-refractivity contribution in [2.24, 2.45) is 5.10 Å². The van der Waals surface area contributed by atoms with Crippen molar-refractivity contribution < 1.29 is 14.4 Å². The summed E-state index contributed by atoms with van der Waals surface area (Å²) in [5, 5.41) is 27.2. The molecule has 124 valence electrons. The van der Waals surface area contributed by atoms with Crippen LogP contribution < -0.4 is 10.7 Å². The number of nitrogens with one attached hydrogen (secondary N) is 2. The molecule has 0 atom stereocenters. The van der Waals surface area contributed by atoms with Gasteiger partial charge in [0.15, 0.2) is 5.11 Å². The maximum absolute atomic E-state index is 12.8. The van der Waals surface area contributed by atoms with E-state index in [0.717, 1.165) is 5.56 Å². The molecule has 0 aromatic heterocycles. The van der Waals surface area contributed by atoms with Crippen LogP contribution in [0.15, 0.2) is 47.6 Å². The maximum Gasteiger partial charge on any atom is 0.270 e. The van der Waals surface area contributed by atoms with Crippen LogP contribution in [0.3, 0.4) is 0 Å². The Morgan fingerprint density at radius 3 is 2.71 bits per heavy atom. The summed E-state index contributed by atoms with van der Waals surface area (Å²) in [6, 6.07) is 9.52. The highest BCUT2D eigenvalue weighted by molar-refractivity contribution is 7.80. The summed E-state index contributed by atoms with van der Waals surface area (Å²) >= 11 is 5.01. The highest BCUT2D eigenvalue weighted by Gasteiger charge is 2.08. The SMILES string of the molecule is O=[N+]([O-])c1ccc(O)c(/C=N\NC(=S)NCc2ccc(F)cc2)c1. The van der Waals surface area contributed by atoms with Crippen LogP contribution in [0, 0.1) is 15.9 Å². The summed E-state index contributed by atoms with van der Waals surface area (Å²) in [7, 11) is 0. The van der Waals surface area contributed by atoms with Crippen molar-refractivity contribution in [2.75, 3.05) is 0 Å². The molecule has 0 aliphatic rings. The van der Waals surface area contributed by atoms with Crippen LogP contribution in [0.2, 0.25) is 0 Å². The minimum Gasteiger partial charge on any atom is -0.507 e. The van der Waals surface area contributed by atoms with Crippen LogP contribution in [-0.2, 0) is 6.54 Å². The standard InChI is InChI=1S/C15H13FN4O3S/c16-12-3-1-10(2-4-12)8-17-15(24)19-18-9-11-7-13(20(22)23)5-6-14(11)21/h1-7,9,21H,8H2,(H2,17,19,24)/b18-9-. The Morgan fingerprint density at radius 2 is 2.04 bits per heavy atom. The van der Waals surface area contributed by atoms with Gasteiger partial charge in [0.05, 0.1) is 11.1 Å². The highest BCUT2D eigenvalue weighted by Crippen LogP contribution is 2.21. The molecule has 24 heavy (non-hydrogen) atoms. The molecule has 2 aromatic rings. The molecule has 0 unspecified atom stereocenters. The fourth-order valence-electron chi connectivity index (χ4n) is 1.74. The third-order valence-electron chi connectivity index (χ3n) is 2.96. The smallest absolute Gasteiger partial charge is 0.270 e. The van der Waals surface area contributed by atoms with E-state index in [1.165, 1.54) is 36.5 Å². The van der Waals surface area contributed by atoms with Gasteiger partial charge in [-0.2, -0.15) is 5.10 Å². The first kappa shape index (κ1) is 17.3. The number of non-ortho nitro benzene ring substituents is 1. The van der Waals surface area contributed by atoms with Gasteiger partial charge in [-0.15, -0.1) is 0 Å². The molecule has 0 radical (unpaired) electrons. The average Bonchev–Trinajstić information content (AvgIpc) is 2.56. The van der Waals surface area contributed by atoms with Gasteiger partial charge in [0.2, 0.25) is 0 Å². The van der Waals surface area contributed by atoms with E-state index >= 15 is 0 Å². The van der Waals surface area contributed by atoms with E-state index < -0.39 is 4.92 Å². The van der Waals surface area contributed by atoms with Crippen LogP contribution in [0.25, 0.3) is 0 Å². The molecule has 0 heterocycles. The number of phenols is 1. The van der Waals surface area contributed by atoms with E-state index in [-0.39, 0.29) is 27.9 Å². The fraction of sp³-hybridized carbons (Fsp3) is 0.0667. The third-order valence-corrected chi connectivity index (χ3v) is 3.19. The van der Waals surface area contributed by atoms with Crippen molar-refractivity contribution in [3.63, 3.8) is 0 Å². The second-order valence-corrected chi connectivity index (χ2v) is 5.09. The van der Waals surface area contributed by atoms with Gasteiger partial charge in [0.25, 0.3) is 5.69 Å². The molecule has 0 bridgehead atoms. The molecule has 9 heteroatoms. The number of benzene rings is 2. The second-order valence-electron chi connectivity index (χ2n) is 4.68. The minimum absolute atomic E-state index is 0.142. The number of rotatable bonds is 5. The van der Waals surface area contributed by atoms with Crippen molar-refractivity contribution >= 4 is 29.2 Å². The molecule has 3 N–H and O–H groups in total. The van der Waals surface area contributed by atoms with E-state index in [1.54, 1.807) is 12.1 Å². The Labute approximate surface area is 142 Å². The lowest BCUT2D eigenvalue weighted by Gasteiger charge is -2.07. The number of hydrogen-bond donors (Lipinski definition) is 3. The van der Waals surface area contributed by atoms with Crippen LogP contribution in [0.4, 0.5) is 10.1 Å². The summed E-state index contributed by atoms with van der Waals surface area (Å²) in [6.07, 6.45) is 1.22. The van der Waals surface area contributed by atoms with Crippen LogP contribution in [0.5, 0.6) is 5.75 Å².